The van der Waals surface area contributed by atoms with E-state index >= 15 is 0 Å². The van der Waals surface area contributed by atoms with E-state index < -0.39 is 5.97 Å². The number of ether oxygens (including phenoxy) is 2. The second-order valence-electron chi connectivity index (χ2n) is 6.86. The molecule has 8 nitrogen and oxygen atoms in total. The maximum absolute atomic E-state index is 12.6. The highest BCUT2D eigenvalue weighted by Crippen LogP contribution is 2.25. The number of carbonyl (C=O) groups excluding carboxylic acids is 2. The van der Waals surface area contributed by atoms with Gasteiger partial charge in [-0.05, 0) is 33.3 Å². The van der Waals surface area contributed by atoms with Gasteiger partial charge in [0.2, 0.25) is 0 Å². The van der Waals surface area contributed by atoms with E-state index in [2.05, 4.69) is 4.98 Å². The standard InChI is InChI=1S/C18H23N3O5S/c1-10-5-20(6-11(2)26-10)14(22)8-25-15(23)7-21-9-19-17-16(18(21)24)12(3)13(4)27-17/h9-11H,5-8H2,1-4H3/t10-,11+. The summed E-state index contributed by atoms with van der Waals surface area (Å²) in [6.07, 6.45) is 1.23. The summed E-state index contributed by atoms with van der Waals surface area (Å²) >= 11 is 1.45. The predicted octanol–water partition coefficient (Wildman–Crippen LogP) is 1.25. The lowest BCUT2D eigenvalue weighted by atomic mass is 10.2. The molecule has 2 aromatic heterocycles. The molecule has 1 fully saturated rings. The van der Waals surface area contributed by atoms with Crippen molar-refractivity contribution in [2.45, 2.75) is 46.4 Å². The van der Waals surface area contributed by atoms with Gasteiger partial charge in [0, 0.05) is 18.0 Å². The highest BCUT2D eigenvalue weighted by atomic mass is 32.1. The Bertz CT molecular complexity index is 925. The zero-order valence-corrected chi connectivity index (χ0v) is 16.7. The second kappa shape index (κ2) is 7.77. The van der Waals surface area contributed by atoms with Gasteiger partial charge >= 0.3 is 5.97 Å². The maximum Gasteiger partial charge on any atom is 0.326 e. The Morgan fingerprint density at radius 1 is 1.30 bits per heavy atom. The topological polar surface area (TPSA) is 90.7 Å². The molecule has 1 amide bonds. The first-order chi connectivity index (χ1) is 12.8. The number of aryl methyl sites for hydroxylation is 2. The molecular weight excluding hydrogens is 370 g/mol. The van der Waals surface area contributed by atoms with E-state index in [0.717, 1.165) is 10.4 Å². The minimum Gasteiger partial charge on any atom is -0.454 e. The van der Waals surface area contributed by atoms with Crippen molar-refractivity contribution in [3.8, 4) is 0 Å². The molecule has 0 saturated carbocycles. The molecule has 0 bridgehead atoms. The number of carbonyl (C=O) groups is 2. The van der Waals surface area contributed by atoms with Gasteiger partial charge in [-0.25, -0.2) is 4.98 Å². The Kier molecular flexibility index (Phi) is 5.61. The van der Waals surface area contributed by atoms with Crippen molar-refractivity contribution in [3.63, 3.8) is 0 Å². The first kappa shape index (κ1) is 19.5. The van der Waals surface area contributed by atoms with E-state index in [1.54, 1.807) is 4.90 Å². The predicted molar refractivity (Wildman–Crippen MR) is 101 cm³/mol. The summed E-state index contributed by atoms with van der Waals surface area (Å²) in [5.41, 5.74) is 0.599. The number of morpholine rings is 1. The molecule has 0 radical (unpaired) electrons. The zero-order chi connectivity index (χ0) is 19.7. The molecule has 1 aliphatic heterocycles. The molecular formula is C18H23N3O5S. The molecule has 2 aromatic rings. The zero-order valence-electron chi connectivity index (χ0n) is 15.9. The minimum atomic E-state index is -0.648. The van der Waals surface area contributed by atoms with E-state index in [4.69, 9.17) is 9.47 Å². The van der Waals surface area contributed by atoms with Crippen LogP contribution >= 0.6 is 11.3 Å². The number of amides is 1. The summed E-state index contributed by atoms with van der Waals surface area (Å²) in [5.74, 6) is -0.916. The van der Waals surface area contributed by atoms with Crippen molar-refractivity contribution in [1.29, 1.82) is 0 Å². The quantitative estimate of drug-likeness (QED) is 0.726. The molecule has 0 aromatic carbocycles. The molecule has 9 heteroatoms. The molecule has 3 rings (SSSR count). The molecule has 146 valence electrons. The average Bonchev–Trinajstić information content (AvgIpc) is 2.89. The van der Waals surface area contributed by atoms with E-state index in [1.165, 1.54) is 22.2 Å². The Hall–Kier alpha value is -2.26. The second-order valence-corrected chi connectivity index (χ2v) is 8.06. The molecule has 1 aliphatic rings. The lowest BCUT2D eigenvalue weighted by molar-refractivity contribution is -0.157. The highest BCUT2D eigenvalue weighted by Gasteiger charge is 2.26. The summed E-state index contributed by atoms with van der Waals surface area (Å²) in [4.78, 5) is 44.5. The van der Waals surface area contributed by atoms with Gasteiger partial charge in [-0.3, -0.25) is 19.0 Å². The largest absolute Gasteiger partial charge is 0.454 e. The van der Waals surface area contributed by atoms with Gasteiger partial charge < -0.3 is 14.4 Å². The van der Waals surface area contributed by atoms with Gasteiger partial charge in [0.15, 0.2) is 6.61 Å². The maximum atomic E-state index is 12.6. The first-order valence-corrected chi connectivity index (χ1v) is 9.62. The van der Waals surface area contributed by atoms with E-state index in [1.807, 2.05) is 27.7 Å². The molecule has 27 heavy (non-hydrogen) atoms. The van der Waals surface area contributed by atoms with Gasteiger partial charge in [0.25, 0.3) is 11.5 Å². The van der Waals surface area contributed by atoms with Crippen molar-refractivity contribution in [2.24, 2.45) is 0 Å². The summed E-state index contributed by atoms with van der Waals surface area (Å²) in [5, 5.41) is 0.528. The molecule has 0 aliphatic carbocycles. The van der Waals surface area contributed by atoms with Gasteiger partial charge in [0.05, 0.1) is 23.9 Å². The Morgan fingerprint density at radius 2 is 1.96 bits per heavy atom. The smallest absolute Gasteiger partial charge is 0.326 e. The molecule has 3 heterocycles. The number of esters is 1. The number of nitrogens with zero attached hydrogens (tertiary/aromatic N) is 3. The van der Waals surface area contributed by atoms with Gasteiger partial charge in [0.1, 0.15) is 11.4 Å². The van der Waals surface area contributed by atoms with Gasteiger partial charge in [-0.1, -0.05) is 0 Å². The summed E-state index contributed by atoms with van der Waals surface area (Å²) in [6.45, 7) is 7.90. The Balaban J connectivity index is 1.62. The first-order valence-electron chi connectivity index (χ1n) is 8.80. The molecule has 0 N–H and O–H groups in total. The lowest BCUT2D eigenvalue weighted by Gasteiger charge is -2.35. The van der Waals surface area contributed by atoms with Gasteiger partial charge in [-0.15, -0.1) is 11.3 Å². The van der Waals surface area contributed by atoms with Crippen LogP contribution in [0, 0.1) is 13.8 Å². The summed E-state index contributed by atoms with van der Waals surface area (Å²) in [6, 6.07) is 0. The van der Waals surface area contributed by atoms with Crippen LogP contribution in [0.2, 0.25) is 0 Å². The Morgan fingerprint density at radius 3 is 2.63 bits per heavy atom. The third kappa shape index (κ3) is 4.19. The molecule has 0 spiro atoms. The van der Waals surface area contributed by atoms with Crippen LogP contribution in [0.4, 0.5) is 0 Å². The van der Waals surface area contributed by atoms with Crippen LogP contribution in [0.25, 0.3) is 10.2 Å². The number of hydrogen-bond donors (Lipinski definition) is 0. The van der Waals surface area contributed by atoms with Crippen LogP contribution in [0.3, 0.4) is 0 Å². The van der Waals surface area contributed by atoms with Crippen LogP contribution in [0.5, 0.6) is 0 Å². The number of aromatic nitrogens is 2. The minimum absolute atomic E-state index is 0.0536. The normalized spacial score (nSPS) is 20.1. The van der Waals surface area contributed by atoms with Crippen LogP contribution in [0.15, 0.2) is 11.1 Å². The lowest BCUT2D eigenvalue weighted by Crippen LogP contribution is -2.49. The van der Waals surface area contributed by atoms with Crippen molar-refractivity contribution >= 4 is 33.4 Å². The third-order valence-electron chi connectivity index (χ3n) is 4.58. The van der Waals surface area contributed by atoms with Crippen molar-refractivity contribution in [1.82, 2.24) is 14.5 Å². The van der Waals surface area contributed by atoms with E-state index in [9.17, 15) is 14.4 Å². The van der Waals surface area contributed by atoms with E-state index in [0.29, 0.717) is 23.3 Å². The fourth-order valence-corrected chi connectivity index (χ4v) is 4.17. The van der Waals surface area contributed by atoms with Crippen molar-refractivity contribution in [2.75, 3.05) is 19.7 Å². The number of rotatable bonds is 4. The summed E-state index contributed by atoms with van der Waals surface area (Å²) < 4.78 is 11.9. The van der Waals surface area contributed by atoms with Crippen LogP contribution in [-0.2, 0) is 25.6 Å². The van der Waals surface area contributed by atoms with Crippen LogP contribution in [-0.4, -0.2) is 58.2 Å². The number of thiophene rings is 1. The van der Waals surface area contributed by atoms with E-state index in [-0.39, 0.29) is 36.8 Å². The third-order valence-corrected chi connectivity index (χ3v) is 5.70. The number of hydrogen-bond acceptors (Lipinski definition) is 7. The average molecular weight is 393 g/mol. The Labute approximate surface area is 160 Å². The molecule has 1 saturated heterocycles. The fraction of sp³-hybridized carbons (Fsp3) is 0.556. The highest BCUT2D eigenvalue weighted by molar-refractivity contribution is 7.18. The number of fused-ring (bicyclic) bond motifs is 1. The molecule has 2 atom stereocenters. The monoisotopic (exact) mass is 393 g/mol. The van der Waals surface area contributed by atoms with Crippen LogP contribution < -0.4 is 5.56 Å². The van der Waals surface area contributed by atoms with Crippen LogP contribution in [0.1, 0.15) is 24.3 Å². The molecule has 0 unspecified atom stereocenters. The SMILES string of the molecule is Cc1sc2ncn(CC(=O)OCC(=O)N3C[C@@H](C)O[C@@H](C)C3)c(=O)c2c1C. The van der Waals surface area contributed by atoms with Crippen molar-refractivity contribution < 1.29 is 19.1 Å². The van der Waals surface area contributed by atoms with Crippen molar-refractivity contribution in [3.05, 3.63) is 27.1 Å². The summed E-state index contributed by atoms with van der Waals surface area (Å²) in [7, 11) is 0. The fourth-order valence-electron chi connectivity index (χ4n) is 3.18. The van der Waals surface area contributed by atoms with Gasteiger partial charge in [-0.2, -0.15) is 0 Å².